The van der Waals surface area contributed by atoms with Gasteiger partial charge in [-0.3, -0.25) is 9.59 Å². The minimum atomic E-state index is -0.663. The highest BCUT2D eigenvalue weighted by molar-refractivity contribution is 6.00. The summed E-state index contributed by atoms with van der Waals surface area (Å²) in [5, 5.41) is 0. The van der Waals surface area contributed by atoms with Crippen LogP contribution in [0.1, 0.15) is 73.6 Å². The number of carbonyl (C=O) groups excluding carboxylic acids is 2. The zero-order chi connectivity index (χ0) is 38.3. The molecular weight excluding hydrogens is 664 g/mol. The zero-order valence-corrected chi connectivity index (χ0v) is 32.0. The summed E-state index contributed by atoms with van der Waals surface area (Å²) in [6.45, 7) is 5.61. The molecule has 1 aliphatic rings. The molecule has 282 valence electrons. The molecule has 0 radical (unpaired) electrons. The molecule has 52 heavy (non-hydrogen) atoms. The lowest BCUT2D eigenvalue weighted by Gasteiger charge is -2.16. The predicted molar refractivity (Wildman–Crippen MR) is 204 cm³/mol. The first-order valence-corrected chi connectivity index (χ1v) is 17.4. The minimum Gasteiger partial charge on any atom is -0.493 e. The Hall–Kier alpha value is -5.38. The summed E-state index contributed by atoms with van der Waals surface area (Å²) < 4.78 is 42.4. The largest absolute Gasteiger partial charge is 0.493 e. The van der Waals surface area contributed by atoms with Crippen LogP contribution in [-0.4, -0.2) is 66.9 Å². The Morgan fingerprint density at radius 3 is 1.33 bits per heavy atom. The summed E-state index contributed by atoms with van der Waals surface area (Å²) in [6.07, 6.45) is 6.84. The fraction of sp³-hybridized carbons (Fsp3) is 0.381. The number of hydrogen-bond donors (Lipinski definition) is 0. The van der Waals surface area contributed by atoms with Gasteiger partial charge in [0.25, 0.3) is 0 Å². The lowest BCUT2D eigenvalue weighted by molar-refractivity contribution is 0.0813. The fourth-order valence-electron chi connectivity index (χ4n) is 5.04. The standard InChI is InChI=1S/C18H20O5.C17H18O5.C5H10.C2H6/c1-12(23-16-8-6-5-7-14(16)20-2)18(19)13-9-10-15(21-3)17(11-13)22-4;1-19-14-6-4-5-7-16(14)22-11-13(18)12-8-9-15(20-2)17(10-12)21-3;1-2-4-5-3-1;1-2/h5-12H,1-4H3;4-10H,11H2,1-3H3;1-5H2;1-2H3. The van der Waals surface area contributed by atoms with E-state index in [9.17, 15) is 9.59 Å². The number of ether oxygens (including phenoxy) is 8. The molecule has 1 atom stereocenters. The van der Waals surface area contributed by atoms with E-state index in [1.165, 1.54) is 46.3 Å². The van der Waals surface area contributed by atoms with Gasteiger partial charge in [0.05, 0.1) is 42.7 Å². The average molecular weight is 719 g/mol. The van der Waals surface area contributed by atoms with Crippen LogP contribution in [0.25, 0.3) is 0 Å². The smallest absolute Gasteiger partial charge is 0.203 e. The molecule has 1 fully saturated rings. The van der Waals surface area contributed by atoms with Crippen molar-refractivity contribution in [3.8, 4) is 46.0 Å². The molecule has 5 rings (SSSR count). The van der Waals surface area contributed by atoms with Gasteiger partial charge in [-0.05, 0) is 67.6 Å². The second-order valence-electron chi connectivity index (χ2n) is 11.0. The van der Waals surface area contributed by atoms with Crippen molar-refractivity contribution in [3.63, 3.8) is 0 Å². The Morgan fingerprint density at radius 1 is 0.500 bits per heavy atom. The minimum absolute atomic E-state index is 0.0874. The predicted octanol–water partition coefficient (Wildman–Crippen LogP) is 9.31. The number of para-hydroxylation sites is 4. The highest BCUT2D eigenvalue weighted by Crippen LogP contribution is 2.31. The van der Waals surface area contributed by atoms with Crippen LogP contribution >= 0.6 is 0 Å². The first kappa shape index (κ1) is 42.8. The molecule has 1 unspecified atom stereocenters. The van der Waals surface area contributed by atoms with Gasteiger partial charge in [-0.25, -0.2) is 0 Å². The first-order valence-electron chi connectivity index (χ1n) is 17.4. The molecule has 10 nitrogen and oxygen atoms in total. The number of Topliss-reactive ketones (excluding diaryl/α,β-unsaturated/α-hetero) is 2. The monoisotopic (exact) mass is 718 g/mol. The highest BCUT2D eigenvalue weighted by atomic mass is 16.5. The van der Waals surface area contributed by atoms with E-state index < -0.39 is 6.10 Å². The maximum Gasteiger partial charge on any atom is 0.203 e. The molecule has 0 amide bonds. The van der Waals surface area contributed by atoms with Crippen LogP contribution in [0.3, 0.4) is 0 Å². The third-order valence-electron chi connectivity index (χ3n) is 7.79. The molecule has 0 spiro atoms. The summed E-state index contributed by atoms with van der Waals surface area (Å²) in [5.41, 5.74) is 0.984. The number of methoxy groups -OCH3 is 6. The van der Waals surface area contributed by atoms with Gasteiger partial charge in [-0.2, -0.15) is 0 Å². The van der Waals surface area contributed by atoms with Crippen molar-refractivity contribution in [2.24, 2.45) is 0 Å². The van der Waals surface area contributed by atoms with E-state index in [1.807, 2.05) is 38.1 Å². The Labute approximate surface area is 308 Å². The van der Waals surface area contributed by atoms with E-state index in [0.717, 1.165) is 0 Å². The van der Waals surface area contributed by atoms with Crippen LogP contribution in [0, 0.1) is 0 Å². The van der Waals surface area contributed by atoms with Crippen LogP contribution in [-0.2, 0) is 0 Å². The van der Waals surface area contributed by atoms with Crippen molar-refractivity contribution < 1.29 is 47.5 Å². The Morgan fingerprint density at radius 2 is 0.865 bits per heavy atom. The van der Waals surface area contributed by atoms with Gasteiger partial charge in [0, 0.05) is 11.1 Å². The van der Waals surface area contributed by atoms with Gasteiger partial charge >= 0.3 is 0 Å². The van der Waals surface area contributed by atoms with Crippen molar-refractivity contribution in [1.29, 1.82) is 0 Å². The van der Waals surface area contributed by atoms with Gasteiger partial charge in [0.1, 0.15) is 0 Å². The molecule has 0 saturated heterocycles. The topological polar surface area (TPSA) is 108 Å². The van der Waals surface area contributed by atoms with E-state index in [4.69, 9.17) is 37.9 Å². The molecule has 0 aromatic heterocycles. The van der Waals surface area contributed by atoms with E-state index >= 15 is 0 Å². The molecule has 0 N–H and O–H groups in total. The van der Waals surface area contributed by atoms with Crippen LogP contribution < -0.4 is 37.9 Å². The van der Waals surface area contributed by atoms with Crippen molar-refractivity contribution in [2.45, 2.75) is 59.0 Å². The lowest BCUT2D eigenvalue weighted by atomic mass is 10.1. The molecule has 10 heteroatoms. The average Bonchev–Trinajstić information content (AvgIpc) is 3.81. The second-order valence-corrected chi connectivity index (χ2v) is 11.0. The van der Waals surface area contributed by atoms with E-state index in [0.29, 0.717) is 57.1 Å². The molecule has 0 bridgehead atoms. The van der Waals surface area contributed by atoms with Crippen molar-refractivity contribution >= 4 is 11.6 Å². The zero-order valence-electron chi connectivity index (χ0n) is 32.0. The lowest BCUT2D eigenvalue weighted by Crippen LogP contribution is -2.24. The van der Waals surface area contributed by atoms with Crippen LogP contribution in [0.2, 0.25) is 0 Å². The fourth-order valence-corrected chi connectivity index (χ4v) is 5.04. The van der Waals surface area contributed by atoms with E-state index in [2.05, 4.69) is 0 Å². The third kappa shape index (κ3) is 13.1. The number of rotatable bonds is 14. The van der Waals surface area contributed by atoms with Gasteiger partial charge < -0.3 is 37.9 Å². The summed E-state index contributed by atoms with van der Waals surface area (Å²) in [5.74, 6) is 4.06. The van der Waals surface area contributed by atoms with Crippen molar-refractivity contribution in [1.82, 2.24) is 0 Å². The second kappa shape index (κ2) is 23.9. The molecule has 0 aliphatic heterocycles. The summed E-state index contributed by atoms with van der Waals surface area (Å²) >= 11 is 0. The van der Waals surface area contributed by atoms with Crippen LogP contribution in [0.5, 0.6) is 46.0 Å². The molecule has 4 aromatic rings. The van der Waals surface area contributed by atoms with Gasteiger partial charge in [-0.15, -0.1) is 0 Å². The summed E-state index contributed by atoms with van der Waals surface area (Å²) in [7, 11) is 9.26. The summed E-state index contributed by atoms with van der Waals surface area (Å²) in [6, 6.07) is 24.4. The first-order chi connectivity index (χ1) is 25.3. The van der Waals surface area contributed by atoms with Gasteiger partial charge in [0.2, 0.25) is 5.78 Å². The highest BCUT2D eigenvalue weighted by Gasteiger charge is 2.20. The van der Waals surface area contributed by atoms with E-state index in [1.54, 1.807) is 96.0 Å². The van der Waals surface area contributed by atoms with Crippen LogP contribution in [0.4, 0.5) is 0 Å². The SMILES string of the molecule is C1CCCC1.CC.COc1ccc(C(=O)C(C)Oc2ccccc2OC)cc1OC.COc1ccc(C(=O)COc2ccccc2OC)cc1OC. The third-order valence-corrected chi connectivity index (χ3v) is 7.79. The molecule has 1 saturated carbocycles. The molecular formula is C42H54O10. The summed E-state index contributed by atoms with van der Waals surface area (Å²) in [4.78, 5) is 24.8. The number of carbonyl (C=O) groups is 2. The Kier molecular flexibility index (Phi) is 19.7. The van der Waals surface area contributed by atoms with Gasteiger partial charge in [-0.1, -0.05) is 70.2 Å². The number of ketones is 2. The van der Waals surface area contributed by atoms with E-state index in [-0.39, 0.29) is 18.2 Å². The quantitative estimate of drug-likeness (QED) is 0.117. The normalized spacial score (nSPS) is 11.7. The molecule has 1 aliphatic carbocycles. The van der Waals surface area contributed by atoms with Crippen molar-refractivity contribution in [2.75, 3.05) is 49.3 Å². The molecule has 0 heterocycles. The maximum atomic E-state index is 12.6. The maximum absolute atomic E-state index is 12.6. The van der Waals surface area contributed by atoms with Crippen LogP contribution in [0.15, 0.2) is 84.9 Å². The molecule has 4 aromatic carbocycles. The van der Waals surface area contributed by atoms with Crippen molar-refractivity contribution in [3.05, 3.63) is 96.1 Å². The number of benzene rings is 4. The Bertz CT molecular complexity index is 1640. The van der Waals surface area contributed by atoms with Gasteiger partial charge in [0.15, 0.2) is 64.5 Å². The Balaban J connectivity index is 0.000000304. The number of hydrogen-bond acceptors (Lipinski definition) is 10.